The maximum Gasteiger partial charge on any atom is 0.257 e. The van der Waals surface area contributed by atoms with Crippen LogP contribution in [0.25, 0.3) is 11.5 Å². The minimum atomic E-state index is -0.0101. The summed E-state index contributed by atoms with van der Waals surface area (Å²) in [5.41, 5.74) is 4.22. The quantitative estimate of drug-likeness (QED) is 0.785. The molecule has 130 valence electrons. The van der Waals surface area contributed by atoms with Crippen LogP contribution in [-0.2, 0) is 11.3 Å². The Hall–Kier alpha value is -2.51. The molecule has 0 unspecified atom stereocenters. The average Bonchev–Trinajstić information content (AvgIpc) is 3.23. The van der Waals surface area contributed by atoms with Crippen molar-refractivity contribution in [3.63, 3.8) is 0 Å². The van der Waals surface area contributed by atoms with Gasteiger partial charge in [0, 0.05) is 17.8 Å². The van der Waals surface area contributed by atoms with Crippen LogP contribution in [0.4, 0.5) is 0 Å². The predicted molar refractivity (Wildman–Crippen MR) is 92.1 cm³/mol. The second-order valence-electron chi connectivity index (χ2n) is 6.32. The summed E-state index contributed by atoms with van der Waals surface area (Å²) in [5.74, 6) is 1.16. The zero-order valence-electron chi connectivity index (χ0n) is 14.4. The van der Waals surface area contributed by atoms with E-state index in [2.05, 4.69) is 45.7 Å². The van der Waals surface area contributed by atoms with Crippen LogP contribution in [0.2, 0.25) is 0 Å². The van der Waals surface area contributed by atoms with Crippen molar-refractivity contribution in [1.82, 2.24) is 25.2 Å². The van der Waals surface area contributed by atoms with Gasteiger partial charge in [-0.25, -0.2) is 0 Å². The van der Waals surface area contributed by atoms with E-state index in [0.29, 0.717) is 24.9 Å². The minimum absolute atomic E-state index is 0.0101. The Morgan fingerprint density at radius 1 is 1.28 bits per heavy atom. The fourth-order valence-electron chi connectivity index (χ4n) is 3.04. The molecule has 4 rings (SSSR count). The highest BCUT2D eigenvalue weighted by molar-refractivity contribution is 5.54. The standard InChI is InChI=1S/C18H21N5O2/c1-12-8-13(2)23(21-12)10-14-4-3-5-15(9-14)18-20-17(22-25-18)16-11-24-7-6-19-16/h3-5,8-9,16,19H,6-7,10-11H2,1-2H3/t16-/m0/s1. The van der Waals surface area contributed by atoms with Gasteiger partial charge in [-0.1, -0.05) is 17.3 Å². The predicted octanol–water partition coefficient (Wildman–Crippen LogP) is 2.26. The van der Waals surface area contributed by atoms with Gasteiger partial charge < -0.3 is 14.6 Å². The van der Waals surface area contributed by atoms with E-state index in [1.54, 1.807) is 0 Å². The molecule has 0 saturated carbocycles. The van der Waals surface area contributed by atoms with Crippen molar-refractivity contribution < 1.29 is 9.26 Å². The second-order valence-corrected chi connectivity index (χ2v) is 6.32. The molecule has 7 nitrogen and oxygen atoms in total. The van der Waals surface area contributed by atoms with Gasteiger partial charge in [0.05, 0.1) is 31.5 Å². The Morgan fingerprint density at radius 2 is 2.20 bits per heavy atom. The van der Waals surface area contributed by atoms with Gasteiger partial charge in [0.1, 0.15) is 0 Å². The Bertz CT molecular complexity index is 864. The highest BCUT2D eigenvalue weighted by atomic mass is 16.5. The molecule has 1 aromatic carbocycles. The number of benzene rings is 1. The average molecular weight is 339 g/mol. The Balaban J connectivity index is 1.55. The van der Waals surface area contributed by atoms with Crippen molar-refractivity contribution in [1.29, 1.82) is 0 Å². The molecule has 1 aliphatic heterocycles. The van der Waals surface area contributed by atoms with Crippen molar-refractivity contribution in [2.45, 2.75) is 26.4 Å². The fraction of sp³-hybridized carbons (Fsp3) is 0.389. The Morgan fingerprint density at radius 3 is 2.96 bits per heavy atom. The number of rotatable bonds is 4. The molecular weight excluding hydrogens is 318 g/mol. The molecule has 1 N–H and O–H groups in total. The molecule has 3 aromatic rings. The first-order valence-electron chi connectivity index (χ1n) is 8.44. The zero-order valence-corrected chi connectivity index (χ0v) is 14.4. The lowest BCUT2D eigenvalue weighted by Gasteiger charge is -2.20. The van der Waals surface area contributed by atoms with Crippen LogP contribution in [0.15, 0.2) is 34.9 Å². The van der Waals surface area contributed by atoms with Crippen molar-refractivity contribution in [2.75, 3.05) is 19.8 Å². The lowest BCUT2D eigenvalue weighted by Crippen LogP contribution is -2.35. The van der Waals surface area contributed by atoms with Crippen LogP contribution >= 0.6 is 0 Å². The van der Waals surface area contributed by atoms with Gasteiger partial charge in [0.15, 0.2) is 5.82 Å². The third kappa shape index (κ3) is 3.47. The normalized spacial score (nSPS) is 17.8. The number of ether oxygens (including phenoxy) is 1. The van der Waals surface area contributed by atoms with Crippen LogP contribution in [0.3, 0.4) is 0 Å². The summed E-state index contributed by atoms with van der Waals surface area (Å²) in [4.78, 5) is 4.53. The van der Waals surface area contributed by atoms with E-state index in [4.69, 9.17) is 9.26 Å². The highest BCUT2D eigenvalue weighted by Crippen LogP contribution is 2.22. The van der Waals surface area contributed by atoms with E-state index >= 15 is 0 Å². The molecule has 0 radical (unpaired) electrons. The first-order chi connectivity index (χ1) is 12.2. The molecule has 1 aliphatic rings. The summed E-state index contributed by atoms with van der Waals surface area (Å²) in [5, 5.41) is 11.9. The van der Waals surface area contributed by atoms with Crippen molar-refractivity contribution in [2.24, 2.45) is 0 Å². The van der Waals surface area contributed by atoms with Crippen molar-refractivity contribution in [3.8, 4) is 11.5 Å². The van der Waals surface area contributed by atoms with E-state index < -0.39 is 0 Å². The summed E-state index contributed by atoms with van der Waals surface area (Å²) in [6, 6.07) is 10.2. The van der Waals surface area contributed by atoms with Gasteiger partial charge in [-0.2, -0.15) is 10.1 Å². The molecule has 3 heterocycles. The number of nitrogens with zero attached hydrogens (tertiary/aromatic N) is 4. The summed E-state index contributed by atoms with van der Waals surface area (Å²) in [7, 11) is 0. The van der Waals surface area contributed by atoms with E-state index in [-0.39, 0.29) is 6.04 Å². The SMILES string of the molecule is Cc1cc(C)n(Cc2cccc(-c3nc([C@@H]4COCCN4)no3)c2)n1. The molecule has 0 aliphatic carbocycles. The van der Waals surface area contributed by atoms with E-state index in [1.165, 1.54) is 0 Å². The minimum Gasteiger partial charge on any atom is -0.378 e. The summed E-state index contributed by atoms with van der Waals surface area (Å²) < 4.78 is 12.9. The fourth-order valence-corrected chi connectivity index (χ4v) is 3.04. The topological polar surface area (TPSA) is 78.0 Å². The first-order valence-corrected chi connectivity index (χ1v) is 8.44. The molecule has 25 heavy (non-hydrogen) atoms. The largest absolute Gasteiger partial charge is 0.378 e. The number of morpholine rings is 1. The van der Waals surface area contributed by atoms with Crippen molar-refractivity contribution >= 4 is 0 Å². The molecule has 1 saturated heterocycles. The van der Waals surface area contributed by atoms with Gasteiger partial charge in [-0.05, 0) is 37.6 Å². The van der Waals surface area contributed by atoms with Crippen LogP contribution in [0.1, 0.15) is 28.8 Å². The maximum absolute atomic E-state index is 5.46. The van der Waals surface area contributed by atoms with Crippen LogP contribution in [0, 0.1) is 13.8 Å². The first kappa shape index (κ1) is 16.0. The lowest BCUT2D eigenvalue weighted by molar-refractivity contribution is 0.0734. The van der Waals surface area contributed by atoms with Gasteiger partial charge >= 0.3 is 0 Å². The maximum atomic E-state index is 5.46. The summed E-state index contributed by atoms with van der Waals surface area (Å²) in [6.07, 6.45) is 0. The molecule has 1 atom stereocenters. The molecule has 0 bridgehead atoms. The van der Waals surface area contributed by atoms with Crippen LogP contribution < -0.4 is 5.32 Å². The summed E-state index contributed by atoms with van der Waals surface area (Å²) >= 11 is 0. The third-order valence-corrected chi connectivity index (χ3v) is 4.28. The van der Waals surface area contributed by atoms with Gasteiger partial charge in [-0.3, -0.25) is 4.68 Å². The van der Waals surface area contributed by atoms with E-state index in [9.17, 15) is 0 Å². The third-order valence-electron chi connectivity index (χ3n) is 4.28. The van der Waals surface area contributed by atoms with Crippen LogP contribution in [0.5, 0.6) is 0 Å². The number of nitrogens with one attached hydrogen (secondary N) is 1. The number of hydrogen-bond donors (Lipinski definition) is 1. The smallest absolute Gasteiger partial charge is 0.257 e. The molecule has 0 spiro atoms. The number of aromatic nitrogens is 4. The molecular formula is C18H21N5O2. The van der Waals surface area contributed by atoms with Gasteiger partial charge in [0.25, 0.3) is 5.89 Å². The highest BCUT2D eigenvalue weighted by Gasteiger charge is 2.21. The molecule has 0 amide bonds. The zero-order chi connectivity index (χ0) is 17.2. The molecule has 1 fully saturated rings. The lowest BCUT2D eigenvalue weighted by atomic mass is 10.1. The van der Waals surface area contributed by atoms with Gasteiger partial charge in [0.2, 0.25) is 0 Å². The number of aryl methyl sites for hydroxylation is 2. The van der Waals surface area contributed by atoms with E-state index in [1.807, 2.05) is 23.7 Å². The molecule has 7 heteroatoms. The monoisotopic (exact) mass is 339 g/mol. The second kappa shape index (κ2) is 6.78. The Labute approximate surface area is 146 Å². The summed E-state index contributed by atoms with van der Waals surface area (Å²) in [6.45, 7) is 6.86. The molecule has 2 aromatic heterocycles. The van der Waals surface area contributed by atoms with Crippen LogP contribution in [-0.4, -0.2) is 39.7 Å². The van der Waals surface area contributed by atoms with Crippen molar-refractivity contribution in [3.05, 3.63) is 53.1 Å². The van der Waals surface area contributed by atoms with Gasteiger partial charge in [-0.15, -0.1) is 0 Å². The number of hydrogen-bond acceptors (Lipinski definition) is 6. The van der Waals surface area contributed by atoms with E-state index in [0.717, 1.165) is 35.7 Å². The Kier molecular flexibility index (Phi) is 4.33.